The maximum absolute atomic E-state index is 11.7. The molecule has 4 heteroatoms. The Hall–Kier alpha value is -1.71. The molecule has 114 valence electrons. The summed E-state index contributed by atoms with van der Waals surface area (Å²) in [7, 11) is 0. The molecule has 1 aromatic carbocycles. The smallest absolute Gasteiger partial charge is 0.321 e. The van der Waals surface area contributed by atoms with Gasteiger partial charge in [0.2, 0.25) is 0 Å². The highest BCUT2D eigenvalue weighted by Crippen LogP contribution is 2.36. The van der Waals surface area contributed by atoms with Crippen molar-refractivity contribution in [3.8, 4) is 0 Å². The molecule has 2 N–H and O–H groups in total. The molecule has 0 radical (unpaired) electrons. The number of nitrogens with zero attached hydrogens (tertiary/aromatic N) is 1. The van der Waals surface area contributed by atoms with Crippen LogP contribution in [0.1, 0.15) is 39.5 Å². The number of hydrogen-bond donors (Lipinski definition) is 2. The Labute approximate surface area is 126 Å². The Bertz CT molecular complexity index is 517. The number of urea groups is 1. The standard InChI is InChI=1S/C17H25N3O/c1-17(2)8-6-13(7-9-17)19-14-4-3-5-15(12-14)20-11-10-18-16(20)21/h3-5,12-13,19H,6-11H2,1-2H3,(H,18,21). The monoisotopic (exact) mass is 287 g/mol. The SMILES string of the molecule is CC1(C)CCC(Nc2cccc(N3CCNC3=O)c2)CC1. The first-order valence-corrected chi connectivity index (χ1v) is 7.95. The fourth-order valence-electron chi connectivity index (χ4n) is 3.26. The van der Waals surface area contributed by atoms with Crippen LogP contribution >= 0.6 is 0 Å². The molecule has 21 heavy (non-hydrogen) atoms. The fraction of sp³-hybridized carbons (Fsp3) is 0.588. The second-order valence-electron chi connectivity index (χ2n) is 7.02. The maximum atomic E-state index is 11.7. The molecule has 0 aromatic heterocycles. The van der Waals surface area contributed by atoms with Gasteiger partial charge >= 0.3 is 6.03 Å². The molecule has 2 amide bonds. The van der Waals surface area contributed by atoms with Gasteiger partial charge in [-0.1, -0.05) is 19.9 Å². The normalized spacial score (nSPS) is 22.2. The van der Waals surface area contributed by atoms with Crippen LogP contribution in [0.25, 0.3) is 0 Å². The van der Waals surface area contributed by atoms with Crippen LogP contribution in [0.15, 0.2) is 24.3 Å². The Balaban J connectivity index is 1.65. The van der Waals surface area contributed by atoms with E-state index >= 15 is 0 Å². The molecule has 3 rings (SSSR count). The van der Waals surface area contributed by atoms with Crippen molar-refractivity contribution >= 4 is 17.4 Å². The zero-order chi connectivity index (χ0) is 14.9. The van der Waals surface area contributed by atoms with Gasteiger partial charge < -0.3 is 10.6 Å². The van der Waals surface area contributed by atoms with Gasteiger partial charge in [0, 0.05) is 30.5 Å². The summed E-state index contributed by atoms with van der Waals surface area (Å²) in [6.07, 6.45) is 5.00. The molecule has 2 aliphatic rings. The third-order valence-corrected chi connectivity index (χ3v) is 4.72. The zero-order valence-corrected chi connectivity index (χ0v) is 13.0. The number of rotatable bonds is 3. The third-order valence-electron chi connectivity index (χ3n) is 4.72. The summed E-state index contributed by atoms with van der Waals surface area (Å²) < 4.78 is 0. The second-order valence-corrected chi connectivity index (χ2v) is 7.02. The van der Waals surface area contributed by atoms with Gasteiger partial charge in [0.05, 0.1) is 0 Å². The Morgan fingerprint density at radius 3 is 2.71 bits per heavy atom. The molecule has 1 heterocycles. The lowest BCUT2D eigenvalue weighted by molar-refractivity contribution is 0.232. The lowest BCUT2D eigenvalue weighted by atomic mass is 9.75. The third kappa shape index (κ3) is 3.31. The van der Waals surface area contributed by atoms with Crippen LogP contribution < -0.4 is 15.5 Å². The number of benzene rings is 1. The van der Waals surface area contributed by atoms with Gasteiger partial charge in [-0.3, -0.25) is 4.90 Å². The number of anilines is 2. The lowest BCUT2D eigenvalue weighted by Gasteiger charge is -2.35. The summed E-state index contributed by atoms with van der Waals surface area (Å²) in [6, 6.07) is 8.77. The number of amides is 2. The van der Waals surface area contributed by atoms with Crippen LogP contribution in [0, 0.1) is 5.41 Å². The molecule has 0 atom stereocenters. The summed E-state index contributed by atoms with van der Waals surface area (Å²) in [5.74, 6) is 0. The molecule has 1 saturated carbocycles. The predicted molar refractivity (Wildman–Crippen MR) is 86.8 cm³/mol. The fourth-order valence-corrected chi connectivity index (χ4v) is 3.26. The lowest BCUT2D eigenvalue weighted by Crippen LogP contribution is -2.30. The zero-order valence-electron chi connectivity index (χ0n) is 13.0. The van der Waals surface area contributed by atoms with Gasteiger partial charge in [-0.25, -0.2) is 4.79 Å². The van der Waals surface area contributed by atoms with E-state index in [1.165, 1.54) is 25.7 Å². The summed E-state index contributed by atoms with van der Waals surface area (Å²) in [5.41, 5.74) is 2.59. The Kier molecular flexibility index (Phi) is 3.79. The second kappa shape index (κ2) is 5.58. The molecular formula is C17H25N3O. The average molecular weight is 287 g/mol. The molecule has 1 saturated heterocycles. The Morgan fingerprint density at radius 2 is 2.05 bits per heavy atom. The molecule has 4 nitrogen and oxygen atoms in total. The van der Waals surface area contributed by atoms with Gasteiger partial charge in [-0.15, -0.1) is 0 Å². The topological polar surface area (TPSA) is 44.4 Å². The molecular weight excluding hydrogens is 262 g/mol. The summed E-state index contributed by atoms with van der Waals surface area (Å²) in [5, 5.41) is 6.48. The molecule has 2 fully saturated rings. The average Bonchev–Trinajstić information content (AvgIpc) is 2.88. The van der Waals surface area contributed by atoms with Crippen LogP contribution in [0.3, 0.4) is 0 Å². The minimum absolute atomic E-state index is 0.00608. The van der Waals surface area contributed by atoms with Crippen LogP contribution in [-0.4, -0.2) is 25.2 Å². The van der Waals surface area contributed by atoms with Crippen LogP contribution in [-0.2, 0) is 0 Å². The number of hydrogen-bond acceptors (Lipinski definition) is 2. The van der Waals surface area contributed by atoms with Gasteiger partial charge in [0.15, 0.2) is 0 Å². The number of nitrogens with one attached hydrogen (secondary N) is 2. The highest BCUT2D eigenvalue weighted by molar-refractivity contribution is 5.94. The number of carbonyl (C=O) groups is 1. The van der Waals surface area contributed by atoms with Crippen molar-refractivity contribution < 1.29 is 4.79 Å². The van der Waals surface area contributed by atoms with E-state index in [2.05, 4.69) is 36.6 Å². The van der Waals surface area contributed by atoms with Gasteiger partial charge in [0.1, 0.15) is 0 Å². The van der Waals surface area contributed by atoms with Crippen molar-refractivity contribution in [3.05, 3.63) is 24.3 Å². The van der Waals surface area contributed by atoms with E-state index in [-0.39, 0.29) is 6.03 Å². The van der Waals surface area contributed by atoms with Gasteiger partial charge in [-0.05, 0) is 49.3 Å². The van der Waals surface area contributed by atoms with Crippen LogP contribution in [0.4, 0.5) is 16.2 Å². The van der Waals surface area contributed by atoms with Crippen molar-refractivity contribution in [2.45, 2.75) is 45.6 Å². The summed E-state index contributed by atoms with van der Waals surface area (Å²) >= 11 is 0. The molecule has 0 unspecified atom stereocenters. The van der Waals surface area contributed by atoms with Crippen molar-refractivity contribution in [1.82, 2.24) is 5.32 Å². The first-order chi connectivity index (χ1) is 10.0. The van der Waals surface area contributed by atoms with E-state index in [0.717, 1.165) is 24.5 Å². The van der Waals surface area contributed by atoms with E-state index in [1.807, 2.05) is 12.1 Å². The van der Waals surface area contributed by atoms with Crippen molar-refractivity contribution in [2.75, 3.05) is 23.3 Å². The van der Waals surface area contributed by atoms with Gasteiger partial charge in [0.25, 0.3) is 0 Å². The van der Waals surface area contributed by atoms with Crippen LogP contribution in [0.5, 0.6) is 0 Å². The molecule has 0 spiro atoms. The van der Waals surface area contributed by atoms with E-state index in [9.17, 15) is 4.79 Å². The summed E-state index contributed by atoms with van der Waals surface area (Å²) in [6.45, 7) is 6.19. The van der Waals surface area contributed by atoms with Crippen LogP contribution in [0.2, 0.25) is 0 Å². The highest BCUT2D eigenvalue weighted by Gasteiger charge is 2.27. The number of carbonyl (C=O) groups excluding carboxylic acids is 1. The molecule has 1 aliphatic heterocycles. The van der Waals surface area contributed by atoms with E-state index < -0.39 is 0 Å². The Morgan fingerprint density at radius 1 is 1.29 bits per heavy atom. The van der Waals surface area contributed by atoms with Crippen molar-refractivity contribution in [1.29, 1.82) is 0 Å². The van der Waals surface area contributed by atoms with Crippen molar-refractivity contribution in [3.63, 3.8) is 0 Å². The van der Waals surface area contributed by atoms with Gasteiger partial charge in [-0.2, -0.15) is 0 Å². The maximum Gasteiger partial charge on any atom is 0.321 e. The van der Waals surface area contributed by atoms with E-state index in [4.69, 9.17) is 0 Å². The minimum Gasteiger partial charge on any atom is -0.382 e. The highest BCUT2D eigenvalue weighted by atomic mass is 16.2. The predicted octanol–water partition coefficient (Wildman–Crippen LogP) is 3.60. The van der Waals surface area contributed by atoms with E-state index in [0.29, 0.717) is 11.5 Å². The minimum atomic E-state index is 0.00608. The quantitative estimate of drug-likeness (QED) is 0.892. The van der Waals surface area contributed by atoms with Crippen molar-refractivity contribution in [2.24, 2.45) is 5.41 Å². The first kappa shape index (κ1) is 14.2. The molecule has 0 bridgehead atoms. The molecule has 1 aliphatic carbocycles. The summed E-state index contributed by atoms with van der Waals surface area (Å²) in [4.78, 5) is 13.5. The van der Waals surface area contributed by atoms with E-state index in [1.54, 1.807) is 4.90 Å². The molecule has 1 aromatic rings. The largest absolute Gasteiger partial charge is 0.382 e. The first-order valence-electron chi connectivity index (χ1n) is 7.95.